The monoisotopic (exact) mass is 337 g/mol. The molecule has 0 aromatic heterocycles. The molecular weight excluding hydrogens is 306 g/mol. The number of rotatable bonds is 12. The highest BCUT2D eigenvalue weighted by Crippen LogP contribution is 2.33. The van der Waals surface area contributed by atoms with Crippen molar-refractivity contribution < 1.29 is 19.4 Å². The summed E-state index contributed by atoms with van der Waals surface area (Å²) in [5.74, 6) is 0.654. The van der Waals surface area contributed by atoms with Crippen LogP contribution < -0.4 is 15.2 Å². The predicted molar refractivity (Wildman–Crippen MR) is 95.7 cm³/mol. The highest BCUT2D eigenvalue weighted by molar-refractivity contribution is 5.70. The topological polar surface area (TPSA) is 81.8 Å². The van der Waals surface area contributed by atoms with Crippen LogP contribution in [0.5, 0.6) is 11.5 Å². The highest BCUT2D eigenvalue weighted by atomic mass is 16.5. The van der Waals surface area contributed by atoms with Crippen LogP contribution in [0.4, 0.5) is 0 Å². The van der Waals surface area contributed by atoms with Crippen molar-refractivity contribution in [2.24, 2.45) is 17.6 Å². The van der Waals surface area contributed by atoms with Crippen molar-refractivity contribution in [1.29, 1.82) is 0 Å². The smallest absolute Gasteiger partial charge is 0.307 e. The Morgan fingerprint density at radius 1 is 1.21 bits per heavy atom. The molecule has 0 saturated heterocycles. The number of aryl methyl sites for hydroxylation is 1. The van der Waals surface area contributed by atoms with Gasteiger partial charge in [-0.15, -0.1) is 0 Å². The fourth-order valence-electron chi connectivity index (χ4n) is 2.88. The zero-order valence-corrected chi connectivity index (χ0v) is 15.1. The maximum atomic E-state index is 11.2. The number of benzene rings is 1. The summed E-state index contributed by atoms with van der Waals surface area (Å²) in [5.41, 5.74) is 6.70. The molecule has 0 aliphatic rings. The van der Waals surface area contributed by atoms with Gasteiger partial charge in [0.1, 0.15) is 0 Å². The Hall–Kier alpha value is -1.75. The molecule has 0 spiro atoms. The molecule has 1 aromatic carbocycles. The lowest BCUT2D eigenvalue weighted by Crippen LogP contribution is -2.26. The van der Waals surface area contributed by atoms with Crippen molar-refractivity contribution in [3.63, 3.8) is 0 Å². The van der Waals surface area contributed by atoms with Gasteiger partial charge in [0.05, 0.1) is 19.1 Å². The molecule has 2 atom stereocenters. The van der Waals surface area contributed by atoms with Crippen molar-refractivity contribution in [3.8, 4) is 11.5 Å². The Morgan fingerprint density at radius 3 is 2.46 bits per heavy atom. The minimum atomic E-state index is -0.802. The first kappa shape index (κ1) is 20.3. The van der Waals surface area contributed by atoms with Crippen molar-refractivity contribution >= 4 is 5.97 Å². The number of aliphatic carboxylic acids is 1. The molecule has 0 radical (unpaired) electrons. The number of hydrogen-bond donors (Lipinski definition) is 2. The van der Waals surface area contributed by atoms with Crippen LogP contribution in [0.3, 0.4) is 0 Å². The summed E-state index contributed by atoms with van der Waals surface area (Å²) in [6.45, 7) is 7.38. The van der Waals surface area contributed by atoms with E-state index in [0.717, 1.165) is 36.3 Å². The van der Waals surface area contributed by atoms with Crippen molar-refractivity contribution in [1.82, 2.24) is 0 Å². The van der Waals surface area contributed by atoms with E-state index in [0.29, 0.717) is 25.6 Å². The Kier molecular flexibility index (Phi) is 9.23. The van der Waals surface area contributed by atoms with Crippen LogP contribution >= 0.6 is 0 Å². The number of ether oxygens (including phenoxy) is 2. The van der Waals surface area contributed by atoms with Crippen molar-refractivity contribution in [2.75, 3.05) is 19.8 Å². The fraction of sp³-hybridized carbons (Fsp3) is 0.632. The van der Waals surface area contributed by atoms with E-state index in [9.17, 15) is 9.90 Å². The molecule has 0 heterocycles. The van der Waals surface area contributed by atoms with Crippen molar-refractivity contribution in [2.45, 2.75) is 46.5 Å². The van der Waals surface area contributed by atoms with Crippen LogP contribution in [0.2, 0.25) is 0 Å². The predicted octanol–water partition coefficient (Wildman–Crippen LogP) is 3.49. The van der Waals surface area contributed by atoms with Gasteiger partial charge in [0, 0.05) is 6.54 Å². The van der Waals surface area contributed by atoms with Gasteiger partial charge in [0.25, 0.3) is 0 Å². The molecule has 0 amide bonds. The first-order chi connectivity index (χ1) is 11.6. The van der Waals surface area contributed by atoms with E-state index in [2.05, 4.69) is 13.0 Å². The summed E-state index contributed by atoms with van der Waals surface area (Å²) in [6, 6.07) is 5.95. The zero-order valence-electron chi connectivity index (χ0n) is 15.1. The van der Waals surface area contributed by atoms with Crippen LogP contribution in [0.1, 0.15) is 45.6 Å². The molecule has 0 aliphatic heterocycles. The number of carbonyl (C=O) groups is 1. The van der Waals surface area contributed by atoms with E-state index in [1.54, 1.807) is 0 Å². The molecule has 2 unspecified atom stereocenters. The number of nitrogens with two attached hydrogens (primary N) is 1. The lowest BCUT2D eigenvalue weighted by Gasteiger charge is -2.20. The van der Waals surface area contributed by atoms with Gasteiger partial charge in [-0.2, -0.15) is 0 Å². The Labute approximate surface area is 145 Å². The maximum absolute atomic E-state index is 11.2. The van der Waals surface area contributed by atoms with Crippen molar-refractivity contribution in [3.05, 3.63) is 23.8 Å². The molecule has 0 fully saturated rings. The molecule has 5 heteroatoms. The first-order valence-electron chi connectivity index (χ1n) is 8.87. The number of para-hydroxylation sites is 1. The van der Waals surface area contributed by atoms with E-state index in [4.69, 9.17) is 15.2 Å². The number of carboxylic acid groups (broad SMARTS) is 1. The summed E-state index contributed by atoms with van der Waals surface area (Å²) in [5, 5.41) is 9.20. The molecule has 0 bridgehead atoms. The lowest BCUT2D eigenvalue weighted by atomic mass is 9.88. The second-order valence-corrected chi connectivity index (χ2v) is 5.93. The first-order valence-corrected chi connectivity index (χ1v) is 8.87. The molecule has 1 rings (SSSR count). The lowest BCUT2D eigenvalue weighted by molar-refractivity contribution is -0.142. The van der Waals surface area contributed by atoms with Gasteiger partial charge in [0.15, 0.2) is 11.5 Å². The fourth-order valence-corrected chi connectivity index (χ4v) is 2.88. The van der Waals surface area contributed by atoms with Gasteiger partial charge in [-0.05, 0) is 50.7 Å². The van der Waals surface area contributed by atoms with Gasteiger partial charge in [-0.1, -0.05) is 25.5 Å². The quantitative estimate of drug-likeness (QED) is 0.610. The van der Waals surface area contributed by atoms with Gasteiger partial charge in [0.2, 0.25) is 0 Å². The third-order valence-electron chi connectivity index (χ3n) is 4.30. The highest BCUT2D eigenvalue weighted by Gasteiger charge is 2.21. The third-order valence-corrected chi connectivity index (χ3v) is 4.30. The second kappa shape index (κ2) is 10.9. The summed E-state index contributed by atoms with van der Waals surface area (Å²) in [6.07, 6.45) is 3.32. The van der Waals surface area contributed by atoms with Gasteiger partial charge < -0.3 is 20.3 Å². The standard InChI is InChI=1S/C19H31NO4/c1-4-14(12-16(13-20)19(21)22)10-11-15-8-7-9-17(23-5-2)18(15)24-6-3/h7-9,14,16H,4-6,10-13,20H2,1-3H3,(H,21,22). The number of carboxylic acids is 1. The molecule has 1 aromatic rings. The Balaban J connectivity index is 2.80. The van der Waals surface area contributed by atoms with Crippen LogP contribution in [0.25, 0.3) is 0 Å². The molecule has 24 heavy (non-hydrogen) atoms. The SMILES string of the molecule is CCOc1cccc(CCC(CC)CC(CN)C(=O)O)c1OCC. The van der Waals surface area contributed by atoms with E-state index >= 15 is 0 Å². The van der Waals surface area contributed by atoms with Crippen LogP contribution in [0.15, 0.2) is 18.2 Å². The summed E-state index contributed by atoms with van der Waals surface area (Å²) < 4.78 is 11.4. The molecule has 136 valence electrons. The molecular formula is C19H31NO4. The van der Waals surface area contributed by atoms with E-state index in [1.165, 1.54) is 0 Å². The zero-order chi connectivity index (χ0) is 17.9. The van der Waals surface area contributed by atoms with Crippen LogP contribution in [-0.2, 0) is 11.2 Å². The normalized spacial score (nSPS) is 13.3. The van der Waals surface area contributed by atoms with Gasteiger partial charge >= 0.3 is 5.97 Å². The van der Waals surface area contributed by atoms with Crippen LogP contribution in [0, 0.1) is 11.8 Å². The van der Waals surface area contributed by atoms with E-state index < -0.39 is 11.9 Å². The largest absolute Gasteiger partial charge is 0.490 e. The average Bonchev–Trinajstić information content (AvgIpc) is 2.57. The van der Waals surface area contributed by atoms with E-state index in [1.807, 2.05) is 26.0 Å². The minimum absolute atomic E-state index is 0.190. The average molecular weight is 337 g/mol. The van der Waals surface area contributed by atoms with Gasteiger partial charge in [-0.25, -0.2) is 0 Å². The molecule has 0 saturated carbocycles. The summed E-state index contributed by atoms with van der Waals surface area (Å²) in [7, 11) is 0. The summed E-state index contributed by atoms with van der Waals surface area (Å²) in [4.78, 5) is 11.2. The van der Waals surface area contributed by atoms with Crippen LogP contribution in [-0.4, -0.2) is 30.8 Å². The molecule has 3 N–H and O–H groups in total. The summed E-state index contributed by atoms with van der Waals surface area (Å²) >= 11 is 0. The second-order valence-electron chi connectivity index (χ2n) is 5.93. The molecule has 0 aliphatic carbocycles. The van der Waals surface area contributed by atoms with E-state index in [-0.39, 0.29) is 6.54 Å². The van der Waals surface area contributed by atoms with Gasteiger partial charge in [-0.3, -0.25) is 4.79 Å². The third kappa shape index (κ3) is 6.04. The number of hydrogen-bond acceptors (Lipinski definition) is 4. The Bertz CT molecular complexity index is 504. The maximum Gasteiger partial charge on any atom is 0.307 e. The Morgan fingerprint density at radius 2 is 1.92 bits per heavy atom. The minimum Gasteiger partial charge on any atom is -0.490 e. The molecule has 5 nitrogen and oxygen atoms in total.